The van der Waals surface area contributed by atoms with Crippen LogP contribution in [0.5, 0.6) is 0 Å². The zero-order valence-corrected chi connectivity index (χ0v) is 12.7. The van der Waals surface area contributed by atoms with E-state index >= 15 is 0 Å². The van der Waals surface area contributed by atoms with E-state index in [0.29, 0.717) is 18.5 Å². The van der Waals surface area contributed by atoms with Gasteiger partial charge in [-0.25, -0.2) is 4.98 Å². The Bertz CT molecular complexity index is 830. The van der Waals surface area contributed by atoms with E-state index in [-0.39, 0.29) is 0 Å². The molecule has 0 amide bonds. The summed E-state index contributed by atoms with van der Waals surface area (Å²) in [7, 11) is 0. The fourth-order valence-corrected chi connectivity index (χ4v) is 2.62. The summed E-state index contributed by atoms with van der Waals surface area (Å²) in [6, 6.07) is 17.6. The molecule has 0 aliphatic carbocycles. The van der Waals surface area contributed by atoms with Crippen molar-refractivity contribution in [3.63, 3.8) is 0 Å². The van der Waals surface area contributed by atoms with Crippen LogP contribution < -0.4 is 0 Å². The fourth-order valence-electron chi connectivity index (χ4n) is 2.41. The van der Waals surface area contributed by atoms with Crippen LogP contribution in [-0.4, -0.2) is 9.55 Å². The molecule has 0 saturated heterocycles. The Morgan fingerprint density at radius 2 is 1.77 bits per heavy atom. The van der Waals surface area contributed by atoms with Gasteiger partial charge in [-0.15, -0.1) is 0 Å². The quantitative estimate of drug-likeness (QED) is 0.729. The van der Waals surface area contributed by atoms with Crippen molar-refractivity contribution in [1.29, 1.82) is 5.26 Å². The Balaban J connectivity index is 1.87. The SMILES string of the molecule is N#Cc1ccccc1Cn1ccnc1Cc1ccccc1Cl. The van der Waals surface area contributed by atoms with Gasteiger partial charge in [0.25, 0.3) is 0 Å². The van der Waals surface area contributed by atoms with Crippen LogP contribution in [0.1, 0.15) is 22.5 Å². The van der Waals surface area contributed by atoms with Crippen LogP contribution in [0.3, 0.4) is 0 Å². The van der Waals surface area contributed by atoms with Crippen LogP contribution in [0.2, 0.25) is 5.02 Å². The maximum atomic E-state index is 9.20. The number of benzene rings is 2. The van der Waals surface area contributed by atoms with Crippen LogP contribution in [0, 0.1) is 11.3 Å². The minimum Gasteiger partial charge on any atom is -0.330 e. The first-order chi connectivity index (χ1) is 10.8. The van der Waals surface area contributed by atoms with E-state index in [4.69, 9.17) is 11.6 Å². The Morgan fingerprint density at radius 1 is 1.05 bits per heavy atom. The maximum absolute atomic E-state index is 9.20. The molecule has 1 aromatic heterocycles. The number of aromatic nitrogens is 2. The van der Waals surface area contributed by atoms with Crippen LogP contribution in [0.25, 0.3) is 0 Å². The topological polar surface area (TPSA) is 41.6 Å². The normalized spacial score (nSPS) is 10.4. The highest BCUT2D eigenvalue weighted by atomic mass is 35.5. The summed E-state index contributed by atoms with van der Waals surface area (Å²) in [6.07, 6.45) is 4.38. The van der Waals surface area contributed by atoms with Crippen molar-refractivity contribution in [3.8, 4) is 6.07 Å². The second-order valence-electron chi connectivity index (χ2n) is 5.01. The van der Waals surface area contributed by atoms with Gasteiger partial charge in [-0.3, -0.25) is 0 Å². The molecule has 1 heterocycles. The molecular weight excluding hydrogens is 294 g/mol. The molecule has 0 N–H and O–H groups in total. The first-order valence-electron chi connectivity index (χ1n) is 6.99. The lowest BCUT2D eigenvalue weighted by molar-refractivity contribution is 0.739. The molecule has 0 radical (unpaired) electrons. The predicted molar refractivity (Wildman–Crippen MR) is 86.7 cm³/mol. The van der Waals surface area contributed by atoms with E-state index in [0.717, 1.165) is 22.0 Å². The Morgan fingerprint density at radius 3 is 2.55 bits per heavy atom. The Hall–Kier alpha value is -2.57. The zero-order chi connectivity index (χ0) is 15.4. The largest absolute Gasteiger partial charge is 0.330 e. The van der Waals surface area contributed by atoms with Crippen molar-refractivity contribution in [1.82, 2.24) is 9.55 Å². The smallest absolute Gasteiger partial charge is 0.113 e. The molecule has 2 aromatic carbocycles. The number of rotatable bonds is 4. The number of hydrogen-bond acceptors (Lipinski definition) is 2. The minimum absolute atomic E-state index is 0.628. The van der Waals surface area contributed by atoms with Gasteiger partial charge in [0.05, 0.1) is 18.2 Å². The standard InChI is InChI=1S/C18H14ClN3/c19-17-8-4-3-5-14(17)11-18-21-9-10-22(18)13-16-7-2-1-6-15(16)12-20/h1-10H,11,13H2. The maximum Gasteiger partial charge on any atom is 0.113 e. The molecule has 0 aliphatic rings. The molecule has 0 saturated carbocycles. The van der Waals surface area contributed by atoms with Gasteiger partial charge in [-0.2, -0.15) is 5.26 Å². The number of nitriles is 1. The molecule has 4 heteroatoms. The molecule has 0 aliphatic heterocycles. The van der Waals surface area contributed by atoms with Gasteiger partial charge in [0.2, 0.25) is 0 Å². The average molecular weight is 308 g/mol. The average Bonchev–Trinajstić information content (AvgIpc) is 2.97. The lowest BCUT2D eigenvalue weighted by Gasteiger charge is -2.10. The molecule has 0 atom stereocenters. The summed E-state index contributed by atoms with van der Waals surface area (Å²) in [5, 5.41) is 9.94. The summed E-state index contributed by atoms with van der Waals surface area (Å²) < 4.78 is 2.06. The van der Waals surface area contributed by atoms with E-state index in [9.17, 15) is 5.26 Å². The molecule has 0 bridgehead atoms. The number of hydrogen-bond donors (Lipinski definition) is 0. The van der Waals surface area contributed by atoms with Crippen molar-refractivity contribution in [3.05, 3.63) is 88.5 Å². The van der Waals surface area contributed by atoms with Crippen molar-refractivity contribution in [2.75, 3.05) is 0 Å². The van der Waals surface area contributed by atoms with Gasteiger partial charge in [-0.05, 0) is 23.3 Å². The van der Waals surface area contributed by atoms with E-state index in [1.54, 1.807) is 6.20 Å². The molecule has 108 valence electrons. The first-order valence-corrected chi connectivity index (χ1v) is 7.37. The highest BCUT2D eigenvalue weighted by Gasteiger charge is 2.09. The third-order valence-corrected chi connectivity index (χ3v) is 3.96. The minimum atomic E-state index is 0.628. The van der Waals surface area contributed by atoms with Crippen molar-refractivity contribution in [2.45, 2.75) is 13.0 Å². The van der Waals surface area contributed by atoms with Gasteiger partial charge in [0.1, 0.15) is 5.82 Å². The van der Waals surface area contributed by atoms with E-state index in [1.807, 2.05) is 54.7 Å². The van der Waals surface area contributed by atoms with Crippen LogP contribution in [-0.2, 0) is 13.0 Å². The van der Waals surface area contributed by atoms with Crippen LogP contribution in [0.15, 0.2) is 60.9 Å². The summed E-state index contributed by atoms with van der Waals surface area (Å²) in [6.45, 7) is 0.628. The second kappa shape index (κ2) is 6.46. The van der Waals surface area contributed by atoms with Gasteiger partial charge < -0.3 is 4.57 Å². The van der Waals surface area contributed by atoms with E-state index in [2.05, 4.69) is 15.6 Å². The summed E-state index contributed by atoms with van der Waals surface area (Å²) in [5.41, 5.74) is 2.73. The molecular formula is C18H14ClN3. The Kier molecular flexibility index (Phi) is 4.22. The van der Waals surface area contributed by atoms with E-state index in [1.165, 1.54) is 0 Å². The second-order valence-corrected chi connectivity index (χ2v) is 5.42. The molecule has 3 rings (SSSR count). The lowest BCUT2D eigenvalue weighted by atomic mass is 10.1. The molecule has 3 aromatic rings. The van der Waals surface area contributed by atoms with Crippen molar-refractivity contribution >= 4 is 11.6 Å². The first kappa shape index (κ1) is 14.4. The molecule has 0 unspecified atom stereocenters. The van der Waals surface area contributed by atoms with Gasteiger partial charge in [0.15, 0.2) is 0 Å². The fraction of sp³-hybridized carbons (Fsp3) is 0.111. The van der Waals surface area contributed by atoms with Gasteiger partial charge >= 0.3 is 0 Å². The third kappa shape index (κ3) is 3.03. The van der Waals surface area contributed by atoms with E-state index < -0.39 is 0 Å². The predicted octanol–water partition coefficient (Wildman–Crippen LogP) is 4.05. The van der Waals surface area contributed by atoms with Crippen LogP contribution in [0.4, 0.5) is 0 Å². The number of halogens is 1. The molecule has 22 heavy (non-hydrogen) atoms. The summed E-state index contributed by atoms with van der Waals surface area (Å²) in [4.78, 5) is 4.43. The highest BCUT2D eigenvalue weighted by molar-refractivity contribution is 6.31. The van der Waals surface area contributed by atoms with Crippen molar-refractivity contribution < 1.29 is 0 Å². The Labute approximate surface area is 134 Å². The lowest BCUT2D eigenvalue weighted by Crippen LogP contribution is -2.06. The molecule has 0 spiro atoms. The third-order valence-electron chi connectivity index (χ3n) is 3.59. The number of nitrogens with zero attached hydrogens (tertiary/aromatic N) is 3. The van der Waals surface area contributed by atoms with Crippen LogP contribution >= 0.6 is 11.6 Å². The molecule has 0 fully saturated rings. The summed E-state index contributed by atoms with van der Waals surface area (Å²) in [5.74, 6) is 0.931. The van der Waals surface area contributed by atoms with Gasteiger partial charge in [0, 0.05) is 23.8 Å². The van der Waals surface area contributed by atoms with Gasteiger partial charge in [-0.1, -0.05) is 48.0 Å². The highest BCUT2D eigenvalue weighted by Crippen LogP contribution is 2.19. The number of imidazole rings is 1. The molecule has 3 nitrogen and oxygen atoms in total. The van der Waals surface area contributed by atoms with Crippen molar-refractivity contribution in [2.24, 2.45) is 0 Å². The summed E-state index contributed by atoms with van der Waals surface area (Å²) >= 11 is 6.22. The zero-order valence-electron chi connectivity index (χ0n) is 11.9. The monoisotopic (exact) mass is 307 g/mol.